The summed E-state index contributed by atoms with van der Waals surface area (Å²) in [7, 11) is 0. The molecule has 11 heavy (non-hydrogen) atoms. The van der Waals surface area contributed by atoms with Gasteiger partial charge >= 0.3 is 0 Å². The van der Waals surface area contributed by atoms with Gasteiger partial charge < -0.3 is 20.4 Å². The maximum Gasteiger partial charge on any atom is 0.129 e. The summed E-state index contributed by atoms with van der Waals surface area (Å²) in [6.45, 7) is -0.393. The number of aliphatic hydroxyl groups is 4. The van der Waals surface area contributed by atoms with E-state index in [1.165, 1.54) is 0 Å². The average Bonchev–Trinajstić information content (AvgIpc) is 2.17. The normalized spacial score (nSPS) is 51.5. The molecule has 66 valence electrons. The second-order valence-corrected chi connectivity index (χ2v) is 4.99. The highest BCUT2D eigenvalue weighted by molar-refractivity contribution is 8.12. The van der Waals surface area contributed by atoms with Crippen molar-refractivity contribution in [2.45, 2.75) is 21.7 Å². The molecule has 0 aromatic carbocycles. The van der Waals surface area contributed by atoms with Gasteiger partial charge in [0.1, 0.15) is 21.7 Å². The monoisotopic (exact) mass is 198 g/mol. The highest BCUT2D eigenvalue weighted by Crippen LogP contribution is 2.44. The minimum Gasteiger partial charge on any atom is -0.394 e. The van der Waals surface area contributed by atoms with Crippen molar-refractivity contribution < 1.29 is 20.4 Å². The van der Waals surface area contributed by atoms with Gasteiger partial charge in [0.15, 0.2) is 0 Å². The van der Waals surface area contributed by atoms with E-state index in [2.05, 4.69) is 12.6 Å². The largest absolute Gasteiger partial charge is 0.394 e. The Kier molecular flexibility index (Phi) is 2.73. The molecule has 0 aromatic heterocycles. The predicted octanol–water partition coefficient (Wildman–Crippen LogP) is -1.61. The van der Waals surface area contributed by atoms with E-state index in [-0.39, 0.29) is 0 Å². The van der Waals surface area contributed by atoms with Crippen LogP contribution < -0.4 is 0 Å². The molecular formula is C5H10O4S2. The average molecular weight is 198 g/mol. The van der Waals surface area contributed by atoms with Crippen LogP contribution in [0.1, 0.15) is 0 Å². The van der Waals surface area contributed by atoms with Gasteiger partial charge in [-0.15, -0.1) is 11.8 Å². The zero-order valence-corrected chi connectivity index (χ0v) is 7.29. The molecule has 1 fully saturated rings. The van der Waals surface area contributed by atoms with Crippen LogP contribution in [0.3, 0.4) is 0 Å². The topological polar surface area (TPSA) is 80.9 Å². The van der Waals surface area contributed by atoms with Gasteiger partial charge in [-0.25, -0.2) is 0 Å². The highest BCUT2D eigenvalue weighted by Gasteiger charge is 2.50. The molecule has 1 aliphatic rings. The summed E-state index contributed by atoms with van der Waals surface area (Å²) in [5.41, 5.74) is -1.07. The molecule has 4 N–H and O–H groups in total. The fourth-order valence-corrected chi connectivity index (χ4v) is 2.44. The summed E-state index contributed by atoms with van der Waals surface area (Å²) in [4.78, 5) is 0. The van der Waals surface area contributed by atoms with Crippen LogP contribution in [0.25, 0.3) is 0 Å². The first kappa shape index (κ1) is 9.63. The molecule has 0 bridgehead atoms. The molecule has 0 spiro atoms. The molecule has 1 heterocycles. The minimum atomic E-state index is -1.23. The first-order valence-corrected chi connectivity index (χ1v) is 4.39. The Balaban J connectivity index is 2.73. The van der Waals surface area contributed by atoms with E-state index in [1.807, 2.05) is 0 Å². The lowest BCUT2D eigenvalue weighted by molar-refractivity contribution is -0.0223. The SMILES string of the molecule is OC[C@]1(S)S[C@H](O)[C@@H](O)[C@@H]1O. The van der Waals surface area contributed by atoms with Gasteiger partial charge in [-0.05, 0) is 0 Å². The van der Waals surface area contributed by atoms with E-state index >= 15 is 0 Å². The lowest BCUT2D eigenvalue weighted by Gasteiger charge is -2.22. The molecule has 0 aliphatic carbocycles. The van der Waals surface area contributed by atoms with Crippen molar-refractivity contribution in [2.24, 2.45) is 0 Å². The number of hydrogen-bond donors (Lipinski definition) is 5. The summed E-state index contributed by atoms with van der Waals surface area (Å²) in [5, 5.41) is 36.1. The molecule has 4 nitrogen and oxygen atoms in total. The van der Waals surface area contributed by atoms with E-state index in [1.54, 1.807) is 0 Å². The van der Waals surface area contributed by atoms with Gasteiger partial charge in [0.25, 0.3) is 0 Å². The Morgan fingerprint density at radius 1 is 1.36 bits per heavy atom. The molecular weight excluding hydrogens is 188 g/mol. The van der Waals surface area contributed by atoms with Crippen molar-refractivity contribution in [1.82, 2.24) is 0 Å². The summed E-state index contributed by atoms with van der Waals surface area (Å²) in [5.74, 6) is 0. The van der Waals surface area contributed by atoms with Crippen LogP contribution >= 0.6 is 24.4 Å². The quantitative estimate of drug-likeness (QED) is 0.328. The third-order valence-electron chi connectivity index (χ3n) is 1.63. The molecule has 1 saturated heterocycles. The van der Waals surface area contributed by atoms with Crippen LogP contribution in [0.4, 0.5) is 0 Å². The van der Waals surface area contributed by atoms with Crippen LogP contribution in [0.5, 0.6) is 0 Å². The molecule has 0 amide bonds. The van der Waals surface area contributed by atoms with Gasteiger partial charge in [-0.3, -0.25) is 0 Å². The first-order valence-electron chi connectivity index (χ1n) is 3.06. The number of thioether (sulfide) groups is 1. The van der Waals surface area contributed by atoms with Crippen LogP contribution in [-0.4, -0.2) is 48.8 Å². The first-order chi connectivity index (χ1) is 5.01. The van der Waals surface area contributed by atoms with Crippen molar-refractivity contribution in [3.63, 3.8) is 0 Å². The number of thiol groups is 1. The molecule has 0 unspecified atom stereocenters. The third kappa shape index (κ3) is 1.51. The Morgan fingerprint density at radius 3 is 2.09 bits per heavy atom. The Hall–Kier alpha value is 0.540. The Labute approximate surface area is 73.6 Å². The van der Waals surface area contributed by atoms with Gasteiger partial charge in [-0.1, -0.05) is 0 Å². The van der Waals surface area contributed by atoms with Gasteiger partial charge in [-0.2, -0.15) is 12.6 Å². The van der Waals surface area contributed by atoms with Gasteiger partial charge in [0.05, 0.1) is 6.61 Å². The molecule has 0 saturated carbocycles. The van der Waals surface area contributed by atoms with Crippen LogP contribution in [-0.2, 0) is 0 Å². The van der Waals surface area contributed by atoms with E-state index in [4.69, 9.17) is 15.3 Å². The van der Waals surface area contributed by atoms with Gasteiger partial charge in [0, 0.05) is 0 Å². The van der Waals surface area contributed by atoms with Crippen molar-refractivity contribution in [1.29, 1.82) is 0 Å². The fourth-order valence-electron chi connectivity index (χ4n) is 0.902. The lowest BCUT2D eigenvalue weighted by Crippen LogP contribution is -2.39. The summed E-state index contributed by atoms with van der Waals surface area (Å²) in [6.07, 6.45) is -2.43. The standard InChI is InChI=1S/C5H10O4S2/c6-1-5(10)3(8)2(7)4(9)11-5/h2-4,6-10H,1H2/t2-,3-,4-,5-/m0/s1. The number of aliphatic hydroxyl groups excluding tert-OH is 4. The second-order valence-electron chi connectivity index (χ2n) is 2.45. The fraction of sp³-hybridized carbons (Fsp3) is 1.00. The van der Waals surface area contributed by atoms with Crippen LogP contribution in [0.15, 0.2) is 0 Å². The van der Waals surface area contributed by atoms with Crippen molar-refractivity contribution in [3.05, 3.63) is 0 Å². The van der Waals surface area contributed by atoms with Crippen molar-refractivity contribution >= 4 is 24.4 Å². The zero-order chi connectivity index (χ0) is 8.65. The van der Waals surface area contributed by atoms with E-state index < -0.39 is 28.3 Å². The third-order valence-corrected chi connectivity index (χ3v) is 3.65. The van der Waals surface area contributed by atoms with E-state index in [9.17, 15) is 5.11 Å². The Morgan fingerprint density at radius 2 is 1.91 bits per heavy atom. The van der Waals surface area contributed by atoms with E-state index in [0.717, 1.165) is 11.8 Å². The molecule has 4 atom stereocenters. The molecule has 0 radical (unpaired) electrons. The van der Waals surface area contributed by atoms with Gasteiger partial charge in [0.2, 0.25) is 0 Å². The smallest absolute Gasteiger partial charge is 0.129 e. The predicted molar refractivity (Wildman–Crippen MR) is 44.4 cm³/mol. The maximum atomic E-state index is 9.22. The van der Waals surface area contributed by atoms with Crippen LogP contribution in [0.2, 0.25) is 0 Å². The van der Waals surface area contributed by atoms with Crippen LogP contribution in [0, 0.1) is 0 Å². The number of hydrogen-bond acceptors (Lipinski definition) is 6. The van der Waals surface area contributed by atoms with Crippen molar-refractivity contribution in [2.75, 3.05) is 6.61 Å². The lowest BCUT2D eigenvalue weighted by atomic mass is 10.1. The maximum absolute atomic E-state index is 9.22. The molecule has 1 aliphatic heterocycles. The minimum absolute atomic E-state index is 0.393. The van der Waals surface area contributed by atoms with E-state index in [0.29, 0.717) is 0 Å². The van der Waals surface area contributed by atoms with Crippen molar-refractivity contribution in [3.8, 4) is 0 Å². The second kappa shape index (κ2) is 3.12. The molecule has 0 aromatic rings. The summed E-state index contributed by atoms with van der Waals surface area (Å²) in [6, 6.07) is 0. The molecule has 1 rings (SSSR count). The number of rotatable bonds is 1. The Bertz CT molecular complexity index is 155. The summed E-state index contributed by atoms with van der Waals surface area (Å²) >= 11 is 4.79. The highest BCUT2D eigenvalue weighted by atomic mass is 32.2. The summed E-state index contributed by atoms with van der Waals surface area (Å²) < 4.78 is -1.14. The zero-order valence-electron chi connectivity index (χ0n) is 5.58. The molecule has 6 heteroatoms.